The molecule has 1 aromatic rings. The predicted octanol–water partition coefficient (Wildman–Crippen LogP) is 2.26. The van der Waals surface area contributed by atoms with E-state index in [1.54, 1.807) is 11.3 Å². The zero-order chi connectivity index (χ0) is 12.6. The maximum absolute atomic E-state index is 11.9. The lowest BCUT2D eigenvalue weighted by molar-refractivity contribution is -0.157. The average molecular weight is 319 g/mol. The van der Waals surface area contributed by atoms with Crippen LogP contribution >= 0.6 is 27.3 Å². The monoisotopic (exact) mass is 318 g/mol. The number of ether oxygens (including phenoxy) is 1. The van der Waals surface area contributed by atoms with Gasteiger partial charge in [-0.3, -0.25) is 10.1 Å². The second-order valence-corrected chi connectivity index (χ2v) is 7.37. The number of hydrogen-bond donors (Lipinski definition) is 1. The van der Waals surface area contributed by atoms with E-state index < -0.39 is 5.60 Å². The van der Waals surface area contributed by atoms with E-state index in [2.05, 4.69) is 26.2 Å². The summed E-state index contributed by atoms with van der Waals surface area (Å²) in [7, 11) is 0. The van der Waals surface area contributed by atoms with Crippen LogP contribution in [0.25, 0.3) is 0 Å². The third-order valence-corrected chi connectivity index (χ3v) is 3.90. The summed E-state index contributed by atoms with van der Waals surface area (Å²) < 4.78 is 6.23. The molecule has 6 heteroatoms. The maximum Gasteiger partial charge on any atom is 0.324 e. The molecule has 1 atom stereocenters. The molecule has 0 aromatic carbocycles. The van der Waals surface area contributed by atoms with E-state index in [1.165, 1.54) is 4.88 Å². The summed E-state index contributed by atoms with van der Waals surface area (Å²) >= 11 is 4.97. The number of rotatable bonds is 1. The van der Waals surface area contributed by atoms with Crippen molar-refractivity contribution >= 4 is 33.2 Å². The van der Waals surface area contributed by atoms with Crippen LogP contribution in [0.15, 0.2) is 3.92 Å². The van der Waals surface area contributed by atoms with Gasteiger partial charge in [-0.2, -0.15) is 0 Å². The Kier molecular flexibility index (Phi) is 3.56. The van der Waals surface area contributed by atoms with Gasteiger partial charge >= 0.3 is 5.97 Å². The summed E-state index contributed by atoms with van der Waals surface area (Å²) in [6.07, 6.45) is 0.604. The molecule has 17 heavy (non-hydrogen) atoms. The van der Waals surface area contributed by atoms with Gasteiger partial charge in [-0.15, -0.1) is 11.3 Å². The molecule has 94 valence electrons. The highest BCUT2D eigenvalue weighted by atomic mass is 79.9. The number of hydrogen-bond acceptors (Lipinski definition) is 5. The molecule has 1 aliphatic heterocycles. The fourth-order valence-electron chi connectivity index (χ4n) is 1.67. The van der Waals surface area contributed by atoms with Gasteiger partial charge in [-0.25, -0.2) is 4.98 Å². The normalized spacial score (nSPS) is 19.9. The smallest absolute Gasteiger partial charge is 0.324 e. The lowest BCUT2D eigenvalue weighted by Crippen LogP contribution is -2.44. The zero-order valence-corrected chi connectivity index (χ0v) is 12.4. The van der Waals surface area contributed by atoms with Gasteiger partial charge in [0.25, 0.3) is 0 Å². The first-order chi connectivity index (χ1) is 7.85. The van der Waals surface area contributed by atoms with Crippen LogP contribution in [0.3, 0.4) is 0 Å². The molecule has 1 aliphatic rings. The van der Waals surface area contributed by atoms with Crippen molar-refractivity contribution in [2.45, 2.75) is 45.4 Å². The van der Waals surface area contributed by atoms with Crippen molar-refractivity contribution in [1.29, 1.82) is 0 Å². The van der Waals surface area contributed by atoms with Crippen molar-refractivity contribution in [3.8, 4) is 0 Å². The maximum atomic E-state index is 11.9. The van der Waals surface area contributed by atoms with E-state index in [4.69, 9.17) is 4.74 Å². The second-order valence-electron chi connectivity index (χ2n) is 5.01. The highest BCUT2D eigenvalue weighted by Crippen LogP contribution is 2.27. The van der Waals surface area contributed by atoms with E-state index in [-0.39, 0.29) is 12.0 Å². The van der Waals surface area contributed by atoms with E-state index in [1.807, 2.05) is 20.8 Å². The molecular formula is C11H15BrN2O2S. The summed E-state index contributed by atoms with van der Waals surface area (Å²) in [5.74, 6) is -0.202. The van der Waals surface area contributed by atoms with E-state index in [9.17, 15) is 4.79 Å². The number of fused-ring (bicyclic) bond motifs is 1. The minimum absolute atomic E-state index is 0.202. The summed E-state index contributed by atoms with van der Waals surface area (Å²) in [5.41, 5.74) is 0.554. The van der Waals surface area contributed by atoms with Gasteiger partial charge < -0.3 is 4.74 Å². The fourth-order valence-corrected chi connectivity index (χ4v) is 3.23. The van der Waals surface area contributed by atoms with Gasteiger partial charge in [0.1, 0.15) is 11.6 Å². The molecule has 0 aliphatic carbocycles. The molecule has 0 radical (unpaired) electrons. The SMILES string of the molecule is CC(C)(C)OC(=O)[C@H]1Cc2nc(Br)sc2CN1. The Morgan fingerprint density at radius 3 is 2.94 bits per heavy atom. The fraction of sp³-hybridized carbons (Fsp3) is 0.636. The highest BCUT2D eigenvalue weighted by Gasteiger charge is 2.30. The molecule has 2 heterocycles. The Hall–Kier alpha value is -0.460. The summed E-state index contributed by atoms with van der Waals surface area (Å²) in [4.78, 5) is 17.5. The number of nitrogens with one attached hydrogen (secondary N) is 1. The second kappa shape index (κ2) is 4.66. The van der Waals surface area contributed by atoms with Crippen molar-refractivity contribution in [1.82, 2.24) is 10.3 Å². The minimum atomic E-state index is -0.443. The van der Waals surface area contributed by atoms with Crippen LogP contribution in [0.1, 0.15) is 31.3 Å². The van der Waals surface area contributed by atoms with Gasteiger partial charge in [-0.1, -0.05) is 0 Å². The van der Waals surface area contributed by atoms with Crippen LogP contribution in [-0.2, 0) is 22.5 Å². The van der Waals surface area contributed by atoms with Crippen LogP contribution in [0.2, 0.25) is 0 Å². The molecule has 0 fully saturated rings. The van der Waals surface area contributed by atoms with E-state index >= 15 is 0 Å². The van der Waals surface area contributed by atoms with Gasteiger partial charge in [-0.05, 0) is 36.7 Å². The molecule has 1 N–H and O–H groups in total. The summed E-state index contributed by atoms with van der Waals surface area (Å²) in [5, 5.41) is 3.19. The van der Waals surface area contributed by atoms with Crippen LogP contribution in [-0.4, -0.2) is 22.6 Å². The molecule has 0 unspecified atom stereocenters. The first-order valence-electron chi connectivity index (χ1n) is 5.45. The predicted molar refractivity (Wildman–Crippen MR) is 70.0 cm³/mol. The zero-order valence-electron chi connectivity index (χ0n) is 10.0. The summed E-state index contributed by atoms with van der Waals surface area (Å²) in [6.45, 7) is 6.30. The minimum Gasteiger partial charge on any atom is -0.459 e. The van der Waals surface area contributed by atoms with Crippen molar-refractivity contribution < 1.29 is 9.53 Å². The molecule has 0 saturated heterocycles. The van der Waals surface area contributed by atoms with Crippen LogP contribution < -0.4 is 5.32 Å². The van der Waals surface area contributed by atoms with Crippen LogP contribution in [0.4, 0.5) is 0 Å². The van der Waals surface area contributed by atoms with E-state index in [0.29, 0.717) is 13.0 Å². The molecular weight excluding hydrogens is 304 g/mol. The van der Waals surface area contributed by atoms with Gasteiger partial charge in [0.15, 0.2) is 3.92 Å². The van der Waals surface area contributed by atoms with Crippen molar-refractivity contribution in [2.75, 3.05) is 0 Å². The highest BCUT2D eigenvalue weighted by molar-refractivity contribution is 9.11. The average Bonchev–Trinajstić information content (AvgIpc) is 2.53. The molecule has 0 bridgehead atoms. The number of aromatic nitrogens is 1. The first kappa shape index (κ1) is 13.0. The Labute approximate surface area is 113 Å². The number of nitrogens with zero attached hydrogens (tertiary/aromatic N) is 1. The van der Waals surface area contributed by atoms with E-state index in [0.717, 1.165) is 9.61 Å². The Morgan fingerprint density at radius 1 is 1.59 bits per heavy atom. The van der Waals surface area contributed by atoms with Gasteiger partial charge in [0, 0.05) is 17.8 Å². The largest absolute Gasteiger partial charge is 0.459 e. The van der Waals surface area contributed by atoms with Gasteiger partial charge in [0.05, 0.1) is 5.69 Å². The molecule has 2 rings (SSSR count). The number of carbonyl (C=O) groups is 1. The molecule has 0 saturated carbocycles. The first-order valence-corrected chi connectivity index (χ1v) is 7.06. The number of halogens is 1. The van der Waals surface area contributed by atoms with Gasteiger partial charge in [0.2, 0.25) is 0 Å². The molecule has 1 aromatic heterocycles. The summed E-state index contributed by atoms with van der Waals surface area (Å²) in [6, 6.07) is -0.282. The number of thiazole rings is 1. The van der Waals surface area contributed by atoms with Crippen molar-refractivity contribution in [3.63, 3.8) is 0 Å². The third kappa shape index (κ3) is 3.26. The van der Waals surface area contributed by atoms with Crippen molar-refractivity contribution in [2.24, 2.45) is 0 Å². The van der Waals surface area contributed by atoms with Crippen LogP contribution in [0, 0.1) is 0 Å². The standard InChI is InChI=1S/C11H15BrN2O2S/c1-11(2,3)16-9(15)7-4-6-8(5-13-7)17-10(12)14-6/h7,13H,4-5H2,1-3H3/t7-/m1/s1. The molecule has 0 spiro atoms. The Balaban J connectivity index is 2.05. The molecule has 0 amide bonds. The number of carbonyl (C=O) groups excluding carboxylic acids is 1. The lowest BCUT2D eigenvalue weighted by atomic mass is 10.1. The quantitative estimate of drug-likeness (QED) is 0.807. The lowest BCUT2D eigenvalue weighted by Gasteiger charge is -2.26. The Bertz CT molecular complexity index is 439. The molecule has 4 nitrogen and oxygen atoms in total. The van der Waals surface area contributed by atoms with Crippen molar-refractivity contribution in [3.05, 3.63) is 14.5 Å². The Morgan fingerprint density at radius 2 is 2.29 bits per heavy atom. The number of esters is 1. The van der Waals surface area contributed by atoms with Crippen LogP contribution in [0.5, 0.6) is 0 Å². The third-order valence-electron chi connectivity index (χ3n) is 2.35. The topological polar surface area (TPSA) is 51.2 Å².